The molecule has 5 heteroatoms. The van der Waals surface area contributed by atoms with Gasteiger partial charge in [-0.3, -0.25) is 4.79 Å². The van der Waals surface area contributed by atoms with Gasteiger partial charge < -0.3 is 15.2 Å². The third-order valence-electron chi connectivity index (χ3n) is 3.08. The molecule has 20 heavy (non-hydrogen) atoms. The van der Waals surface area contributed by atoms with Crippen molar-refractivity contribution in [2.45, 2.75) is 0 Å². The summed E-state index contributed by atoms with van der Waals surface area (Å²) in [6, 6.07) is 8.82. The number of rotatable bonds is 2. The molecular weight excluding hydrogens is 261 g/mol. The van der Waals surface area contributed by atoms with Gasteiger partial charge in [-0.2, -0.15) is 0 Å². The molecule has 0 atom stereocenters. The first kappa shape index (κ1) is 12.5. The van der Waals surface area contributed by atoms with Gasteiger partial charge >= 0.3 is 0 Å². The second kappa shape index (κ2) is 4.85. The maximum Gasteiger partial charge on any atom is 0.198 e. The number of nitrogens with two attached hydrogens (primary N) is 1. The van der Waals surface area contributed by atoms with Crippen molar-refractivity contribution >= 4 is 11.5 Å². The molecule has 0 saturated heterocycles. The summed E-state index contributed by atoms with van der Waals surface area (Å²) in [6.45, 7) is 0.845. The Bertz CT molecular complexity index is 685. The molecule has 1 aliphatic heterocycles. The van der Waals surface area contributed by atoms with Crippen LogP contribution in [0.3, 0.4) is 0 Å². The second-order valence-corrected chi connectivity index (χ2v) is 4.39. The van der Waals surface area contributed by atoms with Gasteiger partial charge in [0.2, 0.25) is 0 Å². The minimum Gasteiger partial charge on any atom is -0.486 e. The minimum absolute atomic E-state index is 0.0177. The molecule has 0 radical (unpaired) electrons. The van der Waals surface area contributed by atoms with Crippen LogP contribution in [0.25, 0.3) is 0 Å². The maximum absolute atomic E-state index is 13.7. The van der Waals surface area contributed by atoms with Gasteiger partial charge in [0, 0.05) is 17.3 Å². The Morgan fingerprint density at radius 2 is 1.70 bits per heavy atom. The topological polar surface area (TPSA) is 61.6 Å². The summed E-state index contributed by atoms with van der Waals surface area (Å²) in [5.74, 6) is -0.103. The van der Waals surface area contributed by atoms with Gasteiger partial charge in [-0.1, -0.05) is 12.1 Å². The number of benzene rings is 2. The highest BCUT2D eigenvalue weighted by molar-refractivity contribution is 6.12. The molecule has 0 saturated carbocycles. The first-order valence-electron chi connectivity index (χ1n) is 6.15. The first-order valence-corrected chi connectivity index (χ1v) is 6.15. The van der Waals surface area contributed by atoms with Crippen molar-refractivity contribution in [3.8, 4) is 11.5 Å². The van der Waals surface area contributed by atoms with Crippen molar-refractivity contribution in [1.82, 2.24) is 0 Å². The van der Waals surface area contributed by atoms with Gasteiger partial charge in [0.15, 0.2) is 17.3 Å². The van der Waals surface area contributed by atoms with E-state index in [1.54, 1.807) is 6.07 Å². The molecular formula is C15H12FNO3. The van der Waals surface area contributed by atoms with Crippen LogP contribution in [0.15, 0.2) is 36.4 Å². The molecule has 2 aromatic rings. The summed E-state index contributed by atoms with van der Waals surface area (Å²) in [6.07, 6.45) is 0. The molecule has 0 amide bonds. The van der Waals surface area contributed by atoms with Crippen molar-refractivity contribution in [2.75, 3.05) is 18.9 Å². The Hall–Kier alpha value is -2.56. The zero-order chi connectivity index (χ0) is 14.1. The van der Waals surface area contributed by atoms with Crippen LogP contribution in [-0.2, 0) is 0 Å². The summed E-state index contributed by atoms with van der Waals surface area (Å²) >= 11 is 0. The second-order valence-electron chi connectivity index (χ2n) is 4.39. The number of ether oxygens (including phenoxy) is 2. The van der Waals surface area contributed by atoms with E-state index in [4.69, 9.17) is 15.2 Å². The zero-order valence-electron chi connectivity index (χ0n) is 10.6. The van der Waals surface area contributed by atoms with Crippen molar-refractivity contribution in [3.63, 3.8) is 0 Å². The van der Waals surface area contributed by atoms with Crippen molar-refractivity contribution in [1.29, 1.82) is 0 Å². The van der Waals surface area contributed by atoms with E-state index in [2.05, 4.69) is 0 Å². The number of halogens is 1. The van der Waals surface area contributed by atoms with Crippen molar-refractivity contribution in [3.05, 3.63) is 53.3 Å². The quantitative estimate of drug-likeness (QED) is 0.674. The Kier molecular flexibility index (Phi) is 3.02. The minimum atomic E-state index is -0.577. The number of ketones is 1. The van der Waals surface area contributed by atoms with Gasteiger partial charge in [0.25, 0.3) is 0 Å². The lowest BCUT2D eigenvalue weighted by Gasteiger charge is -2.19. The lowest BCUT2D eigenvalue weighted by molar-refractivity contribution is 0.103. The number of hydrogen-bond acceptors (Lipinski definition) is 4. The van der Waals surface area contributed by atoms with E-state index in [0.29, 0.717) is 24.7 Å². The highest BCUT2D eigenvalue weighted by Gasteiger charge is 2.21. The van der Waals surface area contributed by atoms with Gasteiger partial charge in [-0.15, -0.1) is 0 Å². The molecule has 0 bridgehead atoms. The monoisotopic (exact) mass is 273 g/mol. The van der Waals surface area contributed by atoms with Crippen LogP contribution in [0.5, 0.6) is 11.5 Å². The molecule has 102 valence electrons. The third kappa shape index (κ3) is 2.07. The smallest absolute Gasteiger partial charge is 0.198 e. The number of nitrogen functional groups attached to an aromatic ring is 1. The van der Waals surface area contributed by atoms with Crippen LogP contribution < -0.4 is 15.2 Å². The van der Waals surface area contributed by atoms with Gasteiger partial charge in [-0.25, -0.2) is 4.39 Å². The van der Waals surface area contributed by atoms with E-state index in [1.807, 2.05) is 0 Å². The average Bonchev–Trinajstić information content (AvgIpc) is 2.46. The maximum atomic E-state index is 13.7. The van der Waals surface area contributed by atoms with E-state index in [-0.39, 0.29) is 16.8 Å². The van der Waals surface area contributed by atoms with Crippen molar-refractivity contribution in [2.24, 2.45) is 0 Å². The number of anilines is 1. The third-order valence-corrected chi connectivity index (χ3v) is 3.08. The van der Waals surface area contributed by atoms with E-state index in [9.17, 15) is 9.18 Å². The van der Waals surface area contributed by atoms with E-state index >= 15 is 0 Å². The average molecular weight is 273 g/mol. The summed E-state index contributed by atoms with van der Waals surface area (Å²) in [5, 5.41) is 0. The SMILES string of the molecule is Nc1cc2c(cc1C(=O)c1ccccc1F)OCCO2. The number of carbonyl (C=O) groups is 1. The fourth-order valence-electron chi connectivity index (χ4n) is 2.09. The number of hydrogen-bond donors (Lipinski definition) is 1. The predicted octanol–water partition coefficient (Wildman–Crippen LogP) is 2.41. The predicted molar refractivity (Wildman–Crippen MR) is 71.7 cm³/mol. The summed E-state index contributed by atoms with van der Waals surface area (Å²) in [4.78, 5) is 12.4. The first-order chi connectivity index (χ1) is 9.66. The molecule has 0 fully saturated rings. The molecule has 1 heterocycles. The lowest BCUT2D eigenvalue weighted by Crippen LogP contribution is -2.17. The molecule has 3 rings (SSSR count). The van der Waals surface area contributed by atoms with Crippen LogP contribution >= 0.6 is 0 Å². The molecule has 2 N–H and O–H groups in total. The molecule has 0 unspecified atom stereocenters. The number of fused-ring (bicyclic) bond motifs is 1. The van der Waals surface area contributed by atoms with Crippen LogP contribution in [0, 0.1) is 5.82 Å². The molecule has 0 spiro atoms. The van der Waals surface area contributed by atoms with E-state index in [1.165, 1.54) is 30.3 Å². The Morgan fingerprint density at radius 3 is 2.40 bits per heavy atom. The molecule has 2 aromatic carbocycles. The number of carbonyl (C=O) groups excluding carboxylic acids is 1. The summed E-state index contributed by atoms with van der Waals surface area (Å²) in [7, 11) is 0. The van der Waals surface area contributed by atoms with Crippen LogP contribution in [0.1, 0.15) is 15.9 Å². The molecule has 4 nitrogen and oxygen atoms in total. The summed E-state index contributed by atoms with van der Waals surface area (Å²) < 4.78 is 24.5. The Morgan fingerprint density at radius 1 is 1.05 bits per heavy atom. The molecule has 1 aliphatic rings. The molecule has 0 aromatic heterocycles. The van der Waals surface area contributed by atoms with Crippen molar-refractivity contribution < 1.29 is 18.7 Å². The summed E-state index contributed by atoms with van der Waals surface area (Å²) in [5.41, 5.74) is 6.28. The normalized spacial score (nSPS) is 13.1. The standard InChI is InChI=1S/C15H12FNO3/c16-11-4-2-1-3-9(11)15(18)10-7-13-14(8-12(10)17)20-6-5-19-13/h1-4,7-8H,5-6,17H2. The highest BCUT2D eigenvalue weighted by atomic mass is 19.1. The van der Waals surface area contributed by atoms with Gasteiger partial charge in [0.05, 0.1) is 5.56 Å². The van der Waals surface area contributed by atoms with E-state index in [0.717, 1.165) is 0 Å². The fraction of sp³-hybridized carbons (Fsp3) is 0.133. The van der Waals surface area contributed by atoms with Gasteiger partial charge in [-0.05, 0) is 18.2 Å². The van der Waals surface area contributed by atoms with Crippen LogP contribution in [0.2, 0.25) is 0 Å². The zero-order valence-corrected chi connectivity index (χ0v) is 10.6. The van der Waals surface area contributed by atoms with Gasteiger partial charge in [0.1, 0.15) is 19.0 Å². The lowest BCUT2D eigenvalue weighted by atomic mass is 10.0. The largest absolute Gasteiger partial charge is 0.486 e. The van der Waals surface area contributed by atoms with Crippen LogP contribution in [0.4, 0.5) is 10.1 Å². The Labute approximate surface area is 114 Å². The van der Waals surface area contributed by atoms with Crippen LogP contribution in [-0.4, -0.2) is 19.0 Å². The fourth-order valence-corrected chi connectivity index (χ4v) is 2.09. The highest BCUT2D eigenvalue weighted by Crippen LogP contribution is 2.35. The van der Waals surface area contributed by atoms with E-state index < -0.39 is 11.6 Å². The Balaban J connectivity index is 2.06. The molecule has 0 aliphatic carbocycles.